The topological polar surface area (TPSA) is 52.7 Å². The van der Waals surface area contributed by atoms with Gasteiger partial charge in [0.25, 0.3) is 11.8 Å². The van der Waals surface area contributed by atoms with Crippen LogP contribution in [-0.4, -0.2) is 16.7 Å². The minimum absolute atomic E-state index is 0.0322. The molecule has 0 fully saturated rings. The number of para-hydroxylation sites is 1. The second-order valence-electron chi connectivity index (χ2n) is 7.65. The highest BCUT2D eigenvalue weighted by Gasteiger charge is 2.25. The third-order valence-electron chi connectivity index (χ3n) is 5.58. The van der Waals surface area contributed by atoms with Crippen molar-refractivity contribution in [3.05, 3.63) is 119 Å². The zero-order valence-corrected chi connectivity index (χ0v) is 17.2. The predicted octanol–water partition coefficient (Wildman–Crippen LogP) is 5.30. The number of nitrogens with one attached hydrogen (secondary N) is 1. The molecule has 0 saturated heterocycles. The molecule has 0 aromatic heterocycles. The largest absolute Gasteiger partial charge is 0.346 e. The van der Waals surface area contributed by atoms with E-state index in [0.29, 0.717) is 17.8 Å². The number of carbonyl (C=O) groups excluding carboxylic acids is 2. The number of allylic oxidation sites excluding steroid dienone is 1. The molecule has 0 aliphatic carbocycles. The summed E-state index contributed by atoms with van der Waals surface area (Å²) in [6.45, 7) is 0.712. The monoisotopic (exact) mass is 425 g/mol. The Hall–Kier alpha value is -4.19. The van der Waals surface area contributed by atoms with E-state index in [0.717, 1.165) is 23.4 Å². The van der Waals surface area contributed by atoms with Gasteiger partial charge in [0.2, 0.25) is 0 Å². The molecule has 6 heteroatoms. The highest BCUT2D eigenvalue weighted by Crippen LogP contribution is 2.33. The van der Waals surface area contributed by atoms with Crippen molar-refractivity contribution in [1.29, 1.82) is 0 Å². The number of benzene rings is 3. The molecule has 2 aliphatic rings. The van der Waals surface area contributed by atoms with Crippen molar-refractivity contribution in [2.75, 3.05) is 10.2 Å². The predicted molar refractivity (Wildman–Crippen MR) is 121 cm³/mol. The zero-order valence-electron chi connectivity index (χ0n) is 17.2. The number of nitrogens with zero attached hydrogens (tertiary/aromatic N) is 2. The van der Waals surface area contributed by atoms with Gasteiger partial charge in [-0.15, -0.1) is 0 Å². The maximum absolute atomic E-state index is 13.8. The number of fused-ring (bicyclic) bond motifs is 2. The first-order valence-electron chi connectivity index (χ1n) is 10.3. The van der Waals surface area contributed by atoms with Crippen molar-refractivity contribution in [2.24, 2.45) is 0 Å². The van der Waals surface area contributed by atoms with E-state index in [-0.39, 0.29) is 11.5 Å². The van der Waals surface area contributed by atoms with Gasteiger partial charge in [-0.3, -0.25) is 14.5 Å². The van der Waals surface area contributed by atoms with Crippen molar-refractivity contribution in [2.45, 2.75) is 13.0 Å². The molecular formula is C26H20FN3O2. The quantitative estimate of drug-likeness (QED) is 0.620. The molecule has 0 radical (unpaired) electrons. The molecule has 5 rings (SSSR count). The molecule has 5 nitrogen and oxygen atoms in total. The minimum atomic E-state index is -0.583. The van der Waals surface area contributed by atoms with Gasteiger partial charge in [0.1, 0.15) is 5.82 Å². The summed E-state index contributed by atoms with van der Waals surface area (Å²) in [5.74, 6) is -1.28. The van der Waals surface area contributed by atoms with Crippen molar-refractivity contribution in [1.82, 2.24) is 4.90 Å². The van der Waals surface area contributed by atoms with Gasteiger partial charge in [0, 0.05) is 42.3 Å². The molecule has 0 spiro atoms. The van der Waals surface area contributed by atoms with Crippen LogP contribution < -0.4 is 10.2 Å². The Morgan fingerprint density at radius 2 is 1.66 bits per heavy atom. The Bertz CT molecular complexity index is 1260. The summed E-state index contributed by atoms with van der Waals surface area (Å²) in [6.07, 6.45) is 6.79. The molecule has 158 valence electrons. The normalized spacial score (nSPS) is 14.3. The maximum atomic E-state index is 13.8. The van der Waals surface area contributed by atoms with Crippen LogP contribution in [0, 0.1) is 5.82 Å². The van der Waals surface area contributed by atoms with Gasteiger partial charge in [-0.25, -0.2) is 4.39 Å². The van der Waals surface area contributed by atoms with Crippen molar-refractivity contribution >= 4 is 23.2 Å². The molecule has 3 aromatic rings. The molecule has 2 amide bonds. The molecule has 0 saturated carbocycles. The van der Waals surface area contributed by atoms with Crippen molar-refractivity contribution in [3.63, 3.8) is 0 Å². The molecule has 0 atom stereocenters. The number of hydrogen-bond donors (Lipinski definition) is 1. The van der Waals surface area contributed by atoms with E-state index in [2.05, 4.69) is 16.3 Å². The van der Waals surface area contributed by atoms with Gasteiger partial charge in [0.15, 0.2) is 0 Å². The highest BCUT2D eigenvalue weighted by atomic mass is 19.1. The number of amides is 2. The molecule has 0 unspecified atom stereocenters. The van der Waals surface area contributed by atoms with E-state index < -0.39 is 11.7 Å². The van der Waals surface area contributed by atoms with Gasteiger partial charge in [-0.2, -0.15) is 0 Å². The number of halogens is 1. The van der Waals surface area contributed by atoms with Crippen LogP contribution in [0.1, 0.15) is 32.7 Å². The molecule has 1 N–H and O–H groups in total. The van der Waals surface area contributed by atoms with Crippen LogP contribution in [0.5, 0.6) is 0 Å². The van der Waals surface area contributed by atoms with Gasteiger partial charge in [0.05, 0.1) is 11.3 Å². The third kappa shape index (κ3) is 3.67. The Labute approximate surface area is 185 Å². The van der Waals surface area contributed by atoms with E-state index in [1.807, 2.05) is 36.7 Å². The zero-order chi connectivity index (χ0) is 22.1. The third-order valence-corrected chi connectivity index (χ3v) is 5.58. The van der Waals surface area contributed by atoms with E-state index >= 15 is 0 Å². The lowest BCUT2D eigenvalue weighted by Gasteiger charge is -2.20. The summed E-state index contributed by atoms with van der Waals surface area (Å²) in [5.41, 5.74) is 3.91. The van der Waals surface area contributed by atoms with Crippen LogP contribution in [0.3, 0.4) is 0 Å². The molecule has 2 heterocycles. The fourth-order valence-corrected chi connectivity index (χ4v) is 3.92. The SMILES string of the molecule is O=C(Nc1ccc(C(=O)N2C=C3CC=CN3Cc3ccccc32)cc1)c1ccccc1F. The Kier molecular flexibility index (Phi) is 5.03. The Morgan fingerprint density at radius 1 is 0.906 bits per heavy atom. The van der Waals surface area contributed by atoms with Gasteiger partial charge < -0.3 is 10.2 Å². The highest BCUT2D eigenvalue weighted by molar-refractivity contribution is 6.09. The van der Waals surface area contributed by atoms with Gasteiger partial charge in [-0.1, -0.05) is 36.4 Å². The summed E-state index contributed by atoms with van der Waals surface area (Å²) in [6, 6.07) is 20.3. The van der Waals surface area contributed by atoms with Crippen molar-refractivity contribution < 1.29 is 14.0 Å². The molecule has 3 aromatic carbocycles. The average molecular weight is 425 g/mol. The summed E-state index contributed by atoms with van der Waals surface area (Å²) < 4.78 is 13.8. The van der Waals surface area contributed by atoms with E-state index in [1.54, 1.807) is 35.2 Å². The summed E-state index contributed by atoms with van der Waals surface area (Å²) in [7, 11) is 0. The summed E-state index contributed by atoms with van der Waals surface area (Å²) in [4.78, 5) is 29.6. The standard InChI is InChI=1S/C26H20FN3O2/c27-23-9-3-2-8-22(23)25(31)28-20-13-11-18(12-14-20)26(32)30-17-21-7-5-15-29(21)16-19-6-1-4-10-24(19)30/h1-6,8-15,17H,7,16H2,(H,28,31). The van der Waals surface area contributed by atoms with Crippen LogP contribution in [0.4, 0.5) is 15.8 Å². The minimum Gasteiger partial charge on any atom is -0.346 e. The molecular weight excluding hydrogens is 405 g/mol. The molecule has 0 bridgehead atoms. The first-order chi connectivity index (χ1) is 15.6. The Balaban J connectivity index is 1.39. The Morgan fingerprint density at radius 3 is 2.47 bits per heavy atom. The maximum Gasteiger partial charge on any atom is 0.262 e. The fourth-order valence-electron chi connectivity index (χ4n) is 3.92. The lowest BCUT2D eigenvalue weighted by molar-refractivity contribution is 0.0995. The van der Waals surface area contributed by atoms with E-state index in [4.69, 9.17) is 0 Å². The second kappa shape index (κ2) is 8.15. The number of rotatable bonds is 3. The summed E-state index contributed by atoms with van der Waals surface area (Å²) >= 11 is 0. The van der Waals surface area contributed by atoms with Gasteiger partial charge >= 0.3 is 0 Å². The van der Waals surface area contributed by atoms with Crippen LogP contribution in [0.15, 0.2) is 97.0 Å². The smallest absolute Gasteiger partial charge is 0.262 e. The van der Waals surface area contributed by atoms with Crippen LogP contribution >= 0.6 is 0 Å². The van der Waals surface area contributed by atoms with Crippen LogP contribution in [0.2, 0.25) is 0 Å². The van der Waals surface area contributed by atoms with Crippen LogP contribution in [-0.2, 0) is 6.54 Å². The lowest BCUT2D eigenvalue weighted by Crippen LogP contribution is -2.26. The molecule has 32 heavy (non-hydrogen) atoms. The fraction of sp³-hybridized carbons (Fsp3) is 0.0769. The van der Waals surface area contributed by atoms with Crippen LogP contribution in [0.25, 0.3) is 0 Å². The van der Waals surface area contributed by atoms with Gasteiger partial charge in [-0.05, 0) is 48.0 Å². The van der Waals surface area contributed by atoms with E-state index in [1.165, 1.54) is 18.2 Å². The first kappa shape index (κ1) is 19.8. The number of anilines is 2. The summed E-state index contributed by atoms with van der Waals surface area (Å²) in [5, 5.41) is 2.67. The number of hydrogen-bond acceptors (Lipinski definition) is 3. The first-order valence-corrected chi connectivity index (χ1v) is 10.3. The average Bonchev–Trinajstić information content (AvgIpc) is 3.18. The lowest BCUT2D eigenvalue weighted by atomic mass is 10.1. The van der Waals surface area contributed by atoms with Crippen molar-refractivity contribution in [3.8, 4) is 0 Å². The number of carbonyl (C=O) groups is 2. The second-order valence-corrected chi connectivity index (χ2v) is 7.65. The van der Waals surface area contributed by atoms with E-state index in [9.17, 15) is 14.0 Å². The molecule has 2 aliphatic heterocycles.